The molecule has 5 aliphatic carbocycles. The van der Waals surface area contributed by atoms with Crippen LogP contribution in [0, 0.1) is 33.5 Å². The molecule has 8 aromatic heterocycles. The van der Waals surface area contributed by atoms with Gasteiger partial charge in [0.05, 0.1) is 56.4 Å². The topological polar surface area (TPSA) is 384 Å². The lowest BCUT2D eigenvalue weighted by molar-refractivity contribution is -0.0167. The number of aromatic nitrogens is 10. The Labute approximate surface area is 722 Å². The van der Waals surface area contributed by atoms with Crippen LogP contribution in [0.3, 0.4) is 0 Å². The highest BCUT2D eigenvalue weighted by molar-refractivity contribution is 9.11. The largest absolute Gasteiger partial charge is 0.487 e. The van der Waals surface area contributed by atoms with Crippen molar-refractivity contribution in [2.75, 3.05) is 31.1 Å². The molecule has 3 aliphatic heterocycles. The van der Waals surface area contributed by atoms with Crippen LogP contribution in [0.2, 0.25) is 15.1 Å². The number of hydrogen-bond acceptors (Lipinski definition) is 23. The van der Waals surface area contributed by atoms with Crippen molar-refractivity contribution < 1.29 is 64.2 Å². The Kier molecular flexibility index (Phi) is 24.3. The molecule has 4 aromatic carbocycles. The van der Waals surface area contributed by atoms with Crippen LogP contribution < -0.4 is 46.4 Å². The third-order valence-electron chi connectivity index (χ3n) is 24.9. The fourth-order valence-corrected chi connectivity index (χ4v) is 20.9. The number of ether oxygens (including phenoxy) is 4. The summed E-state index contributed by atoms with van der Waals surface area (Å²) in [5, 5.41) is 101. The summed E-state index contributed by atoms with van der Waals surface area (Å²) >= 11 is 26.1. The van der Waals surface area contributed by atoms with Gasteiger partial charge in [0.25, 0.3) is 0 Å². The van der Waals surface area contributed by atoms with Crippen molar-refractivity contribution in [2.45, 2.75) is 215 Å². The van der Waals surface area contributed by atoms with Gasteiger partial charge in [0.1, 0.15) is 131 Å². The van der Waals surface area contributed by atoms with Crippen molar-refractivity contribution >= 4 is 122 Å². The maximum Gasteiger partial charge on any atom is 0.151 e. The number of anilines is 2. The molecular weight excluding hydrogens is 1730 g/mol. The molecule has 0 unspecified atom stereocenters. The number of hydrogen-bond donors (Lipinski definition) is 13. The van der Waals surface area contributed by atoms with Crippen LogP contribution in [0.25, 0.3) is 44.1 Å². The molecule has 27 nitrogen and oxygen atoms in total. The molecule has 16 atom stereocenters. The molecule has 4 saturated carbocycles. The molecule has 120 heavy (non-hydrogen) atoms. The summed E-state index contributed by atoms with van der Waals surface area (Å²) in [6.45, 7) is 12.6. The Hall–Kier alpha value is -8.38. The van der Waals surface area contributed by atoms with Crippen molar-refractivity contribution in [3.63, 3.8) is 0 Å². The Balaban J connectivity index is 0.000000114. The highest BCUT2D eigenvalue weighted by Gasteiger charge is 2.49. The third-order valence-corrected chi connectivity index (χ3v) is 26.8. The summed E-state index contributed by atoms with van der Waals surface area (Å²) in [4.78, 5) is 25.9. The molecule has 33 heteroatoms. The number of rotatable bonds is 12. The number of benzene rings is 4. The summed E-state index contributed by atoms with van der Waals surface area (Å²) in [6, 6.07) is 17.6. The first-order valence-electron chi connectivity index (χ1n) is 40.6. The van der Waals surface area contributed by atoms with Gasteiger partial charge in [0, 0.05) is 136 Å². The smallest absolute Gasteiger partial charge is 0.151 e. The van der Waals surface area contributed by atoms with E-state index >= 15 is 0 Å². The second-order valence-electron chi connectivity index (χ2n) is 32.7. The van der Waals surface area contributed by atoms with E-state index in [2.05, 4.69) is 103 Å². The number of nitrogens with one attached hydrogen (secondary N) is 3. The minimum atomic E-state index is -1.10. The number of aliphatic hydroxyl groups is 8. The van der Waals surface area contributed by atoms with Gasteiger partial charge < -0.3 is 105 Å². The van der Waals surface area contributed by atoms with E-state index in [0.29, 0.717) is 117 Å². The number of nitrogens with zero attached hydrogens (tertiary/aromatic N) is 10. The van der Waals surface area contributed by atoms with Crippen molar-refractivity contribution in [1.29, 1.82) is 0 Å². The van der Waals surface area contributed by atoms with E-state index in [1.807, 2.05) is 53.6 Å². The third kappa shape index (κ3) is 16.2. The first-order chi connectivity index (χ1) is 57.7. The molecule has 632 valence electrons. The summed E-state index contributed by atoms with van der Waals surface area (Å²) < 4.78 is 48.3. The average Bonchev–Trinajstić information content (AvgIpc) is 1.62. The van der Waals surface area contributed by atoms with Gasteiger partial charge in [-0.25, -0.2) is 34.3 Å². The Morgan fingerprint density at radius 3 is 1.33 bits per heavy atom. The lowest BCUT2D eigenvalue weighted by atomic mass is 9.89. The Morgan fingerprint density at radius 2 is 0.842 bits per heavy atom. The van der Waals surface area contributed by atoms with E-state index in [4.69, 9.17) is 65.2 Å². The van der Waals surface area contributed by atoms with E-state index in [9.17, 15) is 45.2 Å². The van der Waals surface area contributed by atoms with Gasteiger partial charge in [-0.2, -0.15) is 0 Å². The highest BCUT2D eigenvalue weighted by Crippen LogP contribution is 2.47. The molecule has 20 rings (SSSR count). The fraction of sp³-hybridized carbons (Fsp3) is 0.425. The van der Waals surface area contributed by atoms with E-state index in [1.54, 1.807) is 58.9 Å². The molecule has 4 fully saturated rings. The van der Waals surface area contributed by atoms with Crippen molar-refractivity contribution in [3.05, 3.63) is 207 Å². The van der Waals surface area contributed by atoms with Crippen LogP contribution in [0.1, 0.15) is 130 Å². The van der Waals surface area contributed by atoms with Gasteiger partial charge in [-0.3, -0.25) is 0 Å². The van der Waals surface area contributed by atoms with Gasteiger partial charge in [-0.1, -0.05) is 46.9 Å². The number of pyridine rings is 2. The lowest BCUT2D eigenvalue weighted by Crippen LogP contribution is -2.35. The van der Waals surface area contributed by atoms with Gasteiger partial charge >= 0.3 is 0 Å². The maximum atomic E-state index is 14.4. The normalized spacial score (nSPS) is 26.1. The zero-order valence-corrected chi connectivity index (χ0v) is 71.7. The van der Waals surface area contributed by atoms with Crippen LogP contribution in [-0.4, -0.2) is 182 Å². The van der Waals surface area contributed by atoms with E-state index in [0.717, 1.165) is 134 Å². The zero-order chi connectivity index (χ0) is 84.0. The first kappa shape index (κ1) is 83.9. The van der Waals surface area contributed by atoms with Crippen LogP contribution in [0.4, 0.5) is 15.8 Å². The van der Waals surface area contributed by atoms with Crippen LogP contribution >= 0.6 is 66.7 Å². The molecule has 8 aliphatic rings. The van der Waals surface area contributed by atoms with Crippen LogP contribution in [0.5, 0.6) is 23.0 Å². The van der Waals surface area contributed by atoms with Gasteiger partial charge in [-0.05, 0) is 212 Å². The Bertz CT molecular complexity index is 5310. The Morgan fingerprint density at radius 1 is 0.442 bits per heavy atom. The summed E-state index contributed by atoms with van der Waals surface area (Å²) in [7, 11) is 0. The molecule has 11 heterocycles. The zero-order valence-electron chi connectivity index (χ0n) is 66.3. The number of aliphatic hydroxyl groups excluding tert-OH is 8. The second kappa shape index (κ2) is 34.7. The predicted molar refractivity (Wildman–Crippen MR) is 462 cm³/mol. The summed E-state index contributed by atoms with van der Waals surface area (Å²) in [5.41, 5.74) is 28.1. The monoisotopic (exact) mass is 1820 g/mol. The molecule has 15 N–H and O–H groups in total. The fourth-order valence-electron chi connectivity index (χ4n) is 18.8. The van der Waals surface area contributed by atoms with Crippen molar-refractivity contribution in [1.82, 2.24) is 64.1 Å². The second-order valence-corrected chi connectivity index (χ2v) is 35.7. The molecule has 0 amide bonds. The molecular formula is C87H95Br2Cl3FN15O12. The van der Waals surface area contributed by atoms with Crippen LogP contribution in [-0.2, 0) is 51.7 Å². The van der Waals surface area contributed by atoms with E-state index < -0.39 is 97.2 Å². The lowest BCUT2D eigenvalue weighted by Gasteiger charge is -2.25. The number of fused-ring (bicyclic) bond motifs is 8. The number of nitrogen functional groups attached to an aromatic ring is 2. The van der Waals surface area contributed by atoms with E-state index in [-0.39, 0.29) is 6.04 Å². The molecule has 0 radical (unpaired) electrons. The van der Waals surface area contributed by atoms with Gasteiger partial charge in [0.2, 0.25) is 0 Å². The highest BCUT2D eigenvalue weighted by atomic mass is 79.9. The minimum Gasteiger partial charge on any atom is -0.487 e. The summed E-state index contributed by atoms with van der Waals surface area (Å²) in [5.74, 6) is 2.95. The number of nitrogens with two attached hydrogens (primary N) is 2. The summed E-state index contributed by atoms with van der Waals surface area (Å²) in [6.07, 6.45) is 11.3. The standard InChI is InChI=1S/C23H26BrN3O3.C22H25FN4O3.C21H22BrClN4O3.C21H22Cl2N4O3/c1-12-7-14-5-3-4-6-15(14)18(8-12)30-19-9-17(21(28)22(19)29)27-10-16(24)20-13(2)25-11-26-23(20)27;1-11-5-13-3-4-24-8-14(13)18(6-11)30-19-7-17(20(28)21(19)29)27-10-16(23)15-9-25-12(2)26-22(15)27;22-13-9-27(21-18(13)14(24)2-4-26-21)15-7-17(20(29)19(15)28)30-16-6-11(23)5-10-1-3-25-8-12(10)16;22-11-5-10-1-3-25-8-12(10)16(6-11)30-17-7-15(19(28)20(17)29)27-9-13(23)18-14(24)2-4-26-21(18)27/h7-8,10-11,17,19,21-22,28-29H,3-6,9H2,1-2H3;5-6,9-10,17,19-21,24,28-29H,3-4,7-8H2,1-2H3;2*2,4-6,9,15,17,19-20,25,28-29H,1,3,7-8H2,(H2,24,26)/t17-,19+,21+,22-;17-,19+,20+,21-;2*15-,17+,19+,20-/m1111/s1. The van der Waals surface area contributed by atoms with Crippen LogP contribution in [0.15, 0.2) is 119 Å². The number of aryl methyl sites for hydroxylation is 5. The van der Waals surface area contributed by atoms with Gasteiger partial charge in [-0.15, -0.1) is 0 Å². The van der Waals surface area contributed by atoms with E-state index in [1.165, 1.54) is 47.4 Å². The predicted octanol–water partition coefficient (Wildman–Crippen LogP) is 11.2. The van der Waals surface area contributed by atoms with Crippen molar-refractivity contribution in [3.8, 4) is 23.0 Å². The molecule has 0 bridgehead atoms. The first-order valence-corrected chi connectivity index (χ1v) is 43.3. The minimum absolute atomic E-state index is 0.297. The molecule has 0 saturated heterocycles. The van der Waals surface area contributed by atoms with Crippen molar-refractivity contribution in [2.24, 2.45) is 0 Å². The quantitative estimate of drug-likeness (QED) is 0.0540. The average molecular weight is 1830 g/mol. The number of halogens is 6. The molecule has 12 aromatic rings. The maximum absolute atomic E-state index is 14.4. The van der Waals surface area contributed by atoms with Gasteiger partial charge in [0.15, 0.2) is 5.82 Å². The SMILES string of the molecule is Cc1cc2c(c(O[C@H]3C[C@@H](n4cc(Br)c5c(C)ncnc54)[C@H](O)[C@@H]3O)c1)CCCC2.Cc1cc2c(c(O[C@H]3C[C@@H](n4cc(F)c5cnc(C)nc54)[C@H](O)[C@@H]3O)c1)CNCC2.Nc1ccnc2c1c(Br)cn2[C@@H]1C[C@H](Oc2cc(Cl)cc3c2CNCC3)[C@@H](O)[C@H]1O.Nc1ccnc2c1c(Cl)cn2[C@@H]1C[C@H](Oc2cc(Cl)cc3c2CNCC3)[C@@H](O)[C@H]1O. The molecule has 0 spiro atoms.